The molecule has 35 heavy (non-hydrogen) atoms. The first-order valence-corrected chi connectivity index (χ1v) is 12.2. The van der Waals surface area contributed by atoms with Gasteiger partial charge in [-0.2, -0.15) is 0 Å². The predicted molar refractivity (Wildman–Crippen MR) is 141 cm³/mol. The molecule has 0 atom stereocenters. The minimum Gasteiger partial charge on any atom is -0.493 e. The Kier molecular flexibility index (Phi) is 7.93. The molecule has 6 nitrogen and oxygen atoms in total. The summed E-state index contributed by atoms with van der Waals surface area (Å²) < 4.78 is 5.73. The van der Waals surface area contributed by atoms with Crippen LogP contribution < -0.4 is 15.0 Å². The Labute approximate surface area is 211 Å². The van der Waals surface area contributed by atoms with Gasteiger partial charge in [0.25, 0.3) is 11.8 Å². The maximum Gasteiger partial charge on any atom is 0.255 e. The number of amides is 2. The van der Waals surface area contributed by atoms with Crippen molar-refractivity contribution in [3.05, 3.63) is 88.9 Å². The van der Waals surface area contributed by atoms with E-state index in [1.54, 1.807) is 36.4 Å². The van der Waals surface area contributed by atoms with Crippen LogP contribution in [0.1, 0.15) is 34.6 Å². The number of carbonyl (C=O) groups excluding carboxylic acids is 2. The SMILES string of the molecule is CC(C)COc1cccc(C(=O)Nc2ccc(N3CCN(C(=O)c4ccc(Cl)cc4)CC3)cc2)c1. The van der Waals surface area contributed by atoms with Gasteiger partial charge < -0.3 is 19.9 Å². The van der Waals surface area contributed by atoms with Crippen LogP contribution in [0, 0.1) is 5.92 Å². The zero-order valence-corrected chi connectivity index (χ0v) is 20.8. The first kappa shape index (κ1) is 24.6. The number of nitrogens with one attached hydrogen (secondary N) is 1. The molecule has 3 aromatic carbocycles. The number of nitrogens with zero attached hydrogens (tertiary/aromatic N) is 2. The molecule has 2 amide bonds. The average Bonchev–Trinajstić information content (AvgIpc) is 2.88. The molecule has 182 valence electrons. The Balaban J connectivity index is 1.31. The number of ether oxygens (including phenoxy) is 1. The number of hydrogen-bond donors (Lipinski definition) is 1. The highest BCUT2D eigenvalue weighted by Crippen LogP contribution is 2.22. The molecule has 0 bridgehead atoms. The second kappa shape index (κ2) is 11.3. The van der Waals surface area contributed by atoms with Crippen molar-refractivity contribution in [1.29, 1.82) is 0 Å². The largest absolute Gasteiger partial charge is 0.493 e. The Hall–Kier alpha value is -3.51. The molecular formula is C28H30ClN3O3. The van der Waals surface area contributed by atoms with Crippen LogP contribution in [0.3, 0.4) is 0 Å². The van der Waals surface area contributed by atoms with Gasteiger partial charge in [0.15, 0.2) is 0 Å². The Morgan fingerprint density at radius 1 is 0.914 bits per heavy atom. The van der Waals surface area contributed by atoms with Gasteiger partial charge in [-0.05, 0) is 72.6 Å². The summed E-state index contributed by atoms with van der Waals surface area (Å²) in [5.41, 5.74) is 2.99. The van der Waals surface area contributed by atoms with Crippen LogP contribution in [0.25, 0.3) is 0 Å². The van der Waals surface area contributed by atoms with Gasteiger partial charge in [-0.25, -0.2) is 0 Å². The molecular weight excluding hydrogens is 462 g/mol. The van der Waals surface area contributed by atoms with Crippen molar-refractivity contribution >= 4 is 34.8 Å². The minimum atomic E-state index is -0.179. The molecule has 4 rings (SSSR count). The summed E-state index contributed by atoms with van der Waals surface area (Å²) in [7, 11) is 0. The van der Waals surface area contributed by atoms with Crippen LogP contribution in [0.4, 0.5) is 11.4 Å². The number of hydrogen-bond acceptors (Lipinski definition) is 4. The molecule has 1 aliphatic heterocycles. The van der Waals surface area contributed by atoms with Crippen molar-refractivity contribution in [3.63, 3.8) is 0 Å². The van der Waals surface area contributed by atoms with Crippen LogP contribution in [-0.2, 0) is 0 Å². The van der Waals surface area contributed by atoms with Gasteiger partial charge in [0.1, 0.15) is 5.75 Å². The molecule has 0 spiro atoms. The maximum absolute atomic E-state index is 12.7. The van der Waals surface area contributed by atoms with Crippen molar-refractivity contribution in [3.8, 4) is 5.75 Å². The second-order valence-electron chi connectivity index (χ2n) is 9.02. The molecule has 1 saturated heterocycles. The summed E-state index contributed by atoms with van der Waals surface area (Å²) >= 11 is 5.93. The van der Waals surface area contributed by atoms with Crippen molar-refractivity contribution in [2.75, 3.05) is 43.0 Å². The van der Waals surface area contributed by atoms with Gasteiger partial charge in [-0.3, -0.25) is 9.59 Å². The maximum atomic E-state index is 12.7. The molecule has 3 aromatic rings. The van der Waals surface area contributed by atoms with Gasteiger partial charge in [0.2, 0.25) is 0 Å². The number of carbonyl (C=O) groups is 2. The number of anilines is 2. The van der Waals surface area contributed by atoms with Gasteiger partial charge in [0.05, 0.1) is 6.61 Å². The molecule has 1 fully saturated rings. The van der Waals surface area contributed by atoms with Gasteiger partial charge >= 0.3 is 0 Å². The predicted octanol–water partition coefficient (Wildman–Crippen LogP) is 5.59. The molecule has 0 saturated carbocycles. The Bertz CT molecular complexity index is 1150. The third kappa shape index (κ3) is 6.55. The van der Waals surface area contributed by atoms with Crippen LogP contribution in [0.5, 0.6) is 5.75 Å². The number of rotatable bonds is 7. The molecule has 0 unspecified atom stereocenters. The van der Waals surface area contributed by atoms with E-state index >= 15 is 0 Å². The Morgan fingerprint density at radius 3 is 2.26 bits per heavy atom. The fourth-order valence-electron chi connectivity index (χ4n) is 3.89. The average molecular weight is 492 g/mol. The third-order valence-electron chi connectivity index (χ3n) is 5.83. The molecule has 0 radical (unpaired) electrons. The summed E-state index contributed by atoms with van der Waals surface area (Å²) in [5.74, 6) is 0.952. The lowest BCUT2D eigenvalue weighted by atomic mass is 10.1. The summed E-state index contributed by atoms with van der Waals surface area (Å²) in [6.07, 6.45) is 0. The number of piperazine rings is 1. The van der Waals surface area contributed by atoms with E-state index in [0.717, 1.165) is 24.5 Å². The highest BCUT2D eigenvalue weighted by molar-refractivity contribution is 6.30. The standard InChI is InChI=1S/C28H30ClN3O3/c1-20(2)19-35-26-5-3-4-22(18-26)27(33)30-24-10-12-25(13-11-24)31-14-16-32(17-15-31)28(34)21-6-8-23(29)9-7-21/h3-13,18,20H,14-17,19H2,1-2H3,(H,30,33). The lowest BCUT2D eigenvalue weighted by molar-refractivity contribution is 0.0746. The highest BCUT2D eigenvalue weighted by atomic mass is 35.5. The quantitative estimate of drug-likeness (QED) is 0.468. The van der Waals surface area contributed by atoms with Crippen LogP contribution >= 0.6 is 11.6 Å². The summed E-state index contributed by atoms with van der Waals surface area (Å²) in [5, 5.41) is 3.57. The fourth-order valence-corrected chi connectivity index (χ4v) is 4.02. The summed E-state index contributed by atoms with van der Waals surface area (Å²) in [6, 6.07) is 22.0. The molecule has 7 heteroatoms. The van der Waals surface area contributed by atoms with Gasteiger partial charge in [-0.1, -0.05) is 31.5 Å². The monoisotopic (exact) mass is 491 g/mol. The molecule has 0 aromatic heterocycles. The molecule has 1 heterocycles. The first-order valence-electron chi connectivity index (χ1n) is 11.8. The van der Waals surface area contributed by atoms with E-state index in [0.29, 0.717) is 47.5 Å². The van der Waals surface area contributed by atoms with Gasteiger partial charge in [-0.15, -0.1) is 0 Å². The zero-order chi connectivity index (χ0) is 24.8. The summed E-state index contributed by atoms with van der Waals surface area (Å²) in [4.78, 5) is 29.5. The van der Waals surface area contributed by atoms with Gasteiger partial charge in [0, 0.05) is 53.7 Å². The molecule has 1 N–H and O–H groups in total. The normalized spacial score (nSPS) is 13.6. The topological polar surface area (TPSA) is 61.9 Å². The van der Waals surface area contributed by atoms with E-state index in [1.807, 2.05) is 41.3 Å². The van der Waals surface area contributed by atoms with Crippen molar-refractivity contribution in [2.45, 2.75) is 13.8 Å². The van der Waals surface area contributed by atoms with Crippen LogP contribution in [-0.4, -0.2) is 49.5 Å². The van der Waals surface area contributed by atoms with Crippen LogP contribution in [0.2, 0.25) is 5.02 Å². The van der Waals surface area contributed by atoms with E-state index in [4.69, 9.17) is 16.3 Å². The van der Waals surface area contributed by atoms with E-state index in [2.05, 4.69) is 24.1 Å². The number of halogens is 1. The first-order chi connectivity index (χ1) is 16.9. The van der Waals surface area contributed by atoms with E-state index in [9.17, 15) is 9.59 Å². The lowest BCUT2D eigenvalue weighted by Crippen LogP contribution is -2.48. The van der Waals surface area contributed by atoms with Crippen molar-refractivity contribution in [1.82, 2.24) is 4.90 Å². The zero-order valence-electron chi connectivity index (χ0n) is 20.0. The van der Waals surface area contributed by atoms with Crippen molar-refractivity contribution < 1.29 is 14.3 Å². The fraction of sp³-hybridized carbons (Fsp3) is 0.286. The number of benzene rings is 3. The highest BCUT2D eigenvalue weighted by Gasteiger charge is 2.22. The van der Waals surface area contributed by atoms with E-state index in [1.165, 1.54) is 0 Å². The van der Waals surface area contributed by atoms with Crippen molar-refractivity contribution in [2.24, 2.45) is 5.92 Å². The molecule has 0 aliphatic carbocycles. The molecule has 1 aliphatic rings. The lowest BCUT2D eigenvalue weighted by Gasteiger charge is -2.36. The van der Waals surface area contributed by atoms with Crippen LogP contribution in [0.15, 0.2) is 72.8 Å². The Morgan fingerprint density at radius 2 is 1.60 bits per heavy atom. The smallest absolute Gasteiger partial charge is 0.255 e. The summed E-state index contributed by atoms with van der Waals surface area (Å²) in [6.45, 7) is 7.56. The van der Waals surface area contributed by atoms with E-state index in [-0.39, 0.29) is 11.8 Å². The van der Waals surface area contributed by atoms with E-state index < -0.39 is 0 Å². The minimum absolute atomic E-state index is 0.0260. The second-order valence-corrected chi connectivity index (χ2v) is 9.46. The third-order valence-corrected chi connectivity index (χ3v) is 6.08.